The normalized spacial score (nSPS) is 19.8. The number of imidazole rings is 1. The summed E-state index contributed by atoms with van der Waals surface area (Å²) in [5.41, 5.74) is 1.00. The van der Waals surface area contributed by atoms with Crippen LogP contribution >= 0.6 is 12.4 Å². The number of aromatic nitrogens is 4. The van der Waals surface area contributed by atoms with E-state index in [4.69, 9.17) is 9.47 Å². The molecule has 1 N–H and O–H groups in total. The molecule has 212 valence electrons. The second-order valence-corrected chi connectivity index (χ2v) is 9.96. The van der Waals surface area contributed by atoms with Crippen LogP contribution in [0.2, 0.25) is 0 Å². The van der Waals surface area contributed by atoms with Crippen LogP contribution in [-0.4, -0.2) is 89.4 Å². The molecule has 3 aromatic rings. The van der Waals surface area contributed by atoms with Crippen LogP contribution in [-0.2, 0) is 9.53 Å². The van der Waals surface area contributed by atoms with E-state index < -0.39 is 6.43 Å². The molecule has 2 aromatic heterocycles. The van der Waals surface area contributed by atoms with Crippen molar-refractivity contribution in [3.63, 3.8) is 0 Å². The molecule has 1 aliphatic carbocycles. The number of likely N-dealkylation sites (N-methyl/N-ethyl adjacent to an activating group) is 1. The summed E-state index contributed by atoms with van der Waals surface area (Å²) in [5, 5.41) is 3.09. The number of alkyl halides is 2. The van der Waals surface area contributed by atoms with Crippen LogP contribution in [0.3, 0.4) is 0 Å². The molecule has 3 heterocycles. The van der Waals surface area contributed by atoms with Gasteiger partial charge in [-0.15, -0.1) is 12.4 Å². The average molecular weight is 566 g/mol. The van der Waals surface area contributed by atoms with Gasteiger partial charge in [-0.05, 0) is 51.9 Å². The number of hydrogen-bond donors (Lipinski definition) is 1. The van der Waals surface area contributed by atoms with Crippen LogP contribution in [0.5, 0.6) is 5.88 Å². The van der Waals surface area contributed by atoms with Crippen molar-refractivity contribution in [1.82, 2.24) is 29.7 Å². The first-order valence-corrected chi connectivity index (χ1v) is 13.0. The van der Waals surface area contributed by atoms with Crippen LogP contribution in [0, 0.1) is 0 Å². The van der Waals surface area contributed by atoms with Crippen LogP contribution < -0.4 is 15.0 Å². The minimum atomic E-state index is -2.79. The van der Waals surface area contributed by atoms with E-state index in [1.54, 1.807) is 30.3 Å². The maximum atomic E-state index is 14.1. The highest BCUT2D eigenvalue weighted by atomic mass is 35.5. The van der Waals surface area contributed by atoms with Crippen LogP contribution in [0.15, 0.2) is 30.3 Å². The SMILES string of the molecule is CN(C)CC(=O)N[C@H]1CC[C@H](Oc2cc(-n3c(C(F)F)nc4ccccc43)nc(N3CCOCC3)n2)CC1.Cl. The van der Waals surface area contributed by atoms with E-state index >= 15 is 0 Å². The Balaban J connectivity index is 0.00000353. The summed E-state index contributed by atoms with van der Waals surface area (Å²) in [7, 11) is 3.73. The van der Waals surface area contributed by atoms with Crippen LogP contribution in [0.1, 0.15) is 37.9 Å². The predicted octanol–water partition coefficient (Wildman–Crippen LogP) is 3.38. The molecule has 0 radical (unpaired) electrons. The van der Waals surface area contributed by atoms with Gasteiger partial charge in [0.2, 0.25) is 17.7 Å². The summed E-state index contributed by atoms with van der Waals surface area (Å²) in [5.74, 6) is 0.651. The number of carbonyl (C=O) groups is 1. The van der Waals surface area contributed by atoms with E-state index in [-0.39, 0.29) is 42.1 Å². The zero-order chi connectivity index (χ0) is 26.6. The number of nitrogens with zero attached hydrogens (tertiary/aromatic N) is 6. The van der Waals surface area contributed by atoms with Crippen molar-refractivity contribution in [2.24, 2.45) is 0 Å². The molecular weight excluding hydrogens is 532 g/mol. The van der Waals surface area contributed by atoms with Gasteiger partial charge in [0.05, 0.1) is 30.8 Å². The summed E-state index contributed by atoms with van der Waals surface area (Å²) >= 11 is 0. The highest BCUT2D eigenvalue weighted by molar-refractivity contribution is 5.85. The molecule has 39 heavy (non-hydrogen) atoms. The number of morpholine rings is 1. The van der Waals surface area contributed by atoms with E-state index in [2.05, 4.69) is 20.3 Å². The summed E-state index contributed by atoms with van der Waals surface area (Å²) in [6.45, 7) is 2.60. The minimum Gasteiger partial charge on any atom is -0.474 e. The molecule has 1 aliphatic heterocycles. The van der Waals surface area contributed by atoms with Crippen LogP contribution in [0.25, 0.3) is 16.9 Å². The molecule has 0 spiro atoms. The number of halogens is 3. The minimum absolute atomic E-state index is 0. The Morgan fingerprint density at radius 1 is 1.13 bits per heavy atom. The van der Waals surface area contributed by atoms with E-state index in [9.17, 15) is 13.6 Å². The van der Waals surface area contributed by atoms with Crippen molar-refractivity contribution in [3.8, 4) is 11.7 Å². The third-order valence-corrected chi connectivity index (χ3v) is 6.77. The monoisotopic (exact) mass is 565 g/mol. The molecule has 2 aliphatic rings. The van der Waals surface area contributed by atoms with Gasteiger partial charge in [-0.3, -0.25) is 9.36 Å². The molecule has 2 fully saturated rings. The smallest absolute Gasteiger partial charge is 0.296 e. The zero-order valence-corrected chi connectivity index (χ0v) is 22.9. The Labute approximate surface area is 232 Å². The quantitative estimate of drug-likeness (QED) is 0.444. The van der Waals surface area contributed by atoms with Gasteiger partial charge in [-0.1, -0.05) is 12.1 Å². The lowest BCUT2D eigenvalue weighted by atomic mass is 9.93. The molecule has 1 saturated heterocycles. The Morgan fingerprint density at radius 2 is 1.85 bits per heavy atom. The van der Waals surface area contributed by atoms with Crippen molar-refractivity contribution in [2.45, 2.75) is 44.3 Å². The number of ether oxygens (including phenoxy) is 2. The number of amides is 1. The van der Waals surface area contributed by atoms with Crippen molar-refractivity contribution in [2.75, 3.05) is 51.8 Å². The molecule has 5 rings (SSSR count). The summed E-state index contributed by atoms with van der Waals surface area (Å²) in [6.07, 6.45) is 0.183. The standard InChI is InChI=1S/C26H33F2N7O3.ClH/c1-33(2)16-22(36)29-17-7-9-18(10-8-17)38-23-15-21(31-26(32-23)34-11-13-37-14-12-34)35-20-6-4-3-5-19(20)30-25(35)24(27)28;/h3-6,15,17-18,24H,7-14,16H2,1-2H3,(H,29,36);1H/t17-,18-;. The highest BCUT2D eigenvalue weighted by Gasteiger charge is 2.27. The molecule has 0 atom stereocenters. The lowest BCUT2D eigenvalue weighted by Crippen LogP contribution is -2.43. The maximum Gasteiger partial charge on any atom is 0.296 e. The van der Waals surface area contributed by atoms with Gasteiger partial charge in [0.1, 0.15) is 11.9 Å². The number of benzene rings is 1. The second-order valence-electron chi connectivity index (χ2n) is 9.96. The number of carbonyl (C=O) groups excluding carboxylic acids is 1. The first-order chi connectivity index (χ1) is 18.4. The van der Waals surface area contributed by atoms with E-state index in [1.807, 2.05) is 23.9 Å². The highest BCUT2D eigenvalue weighted by Crippen LogP contribution is 2.31. The van der Waals surface area contributed by atoms with Gasteiger partial charge < -0.3 is 24.6 Å². The van der Waals surface area contributed by atoms with Gasteiger partial charge in [0.25, 0.3) is 6.43 Å². The number of hydrogen-bond acceptors (Lipinski definition) is 8. The van der Waals surface area contributed by atoms with Gasteiger partial charge in [-0.2, -0.15) is 9.97 Å². The molecule has 0 unspecified atom stereocenters. The average Bonchev–Trinajstić information content (AvgIpc) is 3.30. The fraction of sp³-hybridized carbons (Fsp3) is 0.538. The lowest BCUT2D eigenvalue weighted by molar-refractivity contribution is -0.122. The number of anilines is 1. The topological polar surface area (TPSA) is 97.6 Å². The maximum absolute atomic E-state index is 14.1. The van der Waals surface area contributed by atoms with Crippen molar-refractivity contribution < 1.29 is 23.0 Å². The third-order valence-electron chi connectivity index (χ3n) is 6.77. The largest absolute Gasteiger partial charge is 0.474 e. The first kappa shape index (κ1) is 28.9. The fourth-order valence-electron chi connectivity index (χ4n) is 4.97. The Bertz CT molecular complexity index is 1260. The Hall–Kier alpha value is -3.09. The lowest BCUT2D eigenvalue weighted by Gasteiger charge is -2.30. The zero-order valence-electron chi connectivity index (χ0n) is 22.1. The van der Waals surface area contributed by atoms with Crippen molar-refractivity contribution in [1.29, 1.82) is 0 Å². The Kier molecular flexibility index (Phi) is 9.52. The predicted molar refractivity (Wildman–Crippen MR) is 145 cm³/mol. The van der Waals surface area contributed by atoms with E-state index in [0.717, 1.165) is 25.7 Å². The molecule has 10 nitrogen and oxygen atoms in total. The molecule has 1 saturated carbocycles. The van der Waals surface area contributed by atoms with Crippen LogP contribution in [0.4, 0.5) is 14.7 Å². The third kappa shape index (κ3) is 6.92. The van der Waals surface area contributed by atoms with Gasteiger partial charge in [-0.25, -0.2) is 13.8 Å². The van der Waals surface area contributed by atoms with Gasteiger partial charge >= 0.3 is 0 Å². The summed E-state index contributed by atoms with van der Waals surface area (Å²) < 4.78 is 41.3. The molecule has 1 aromatic carbocycles. The number of fused-ring (bicyclic) bond motifs is 1. The van der Waals surface area contributed by atoms with Crippen molar-refractivity contribution >= 4 is 35.3 Å². The summed E-state index contributed by atoms with van der Waals surface area (Å²) in [6, 6.07) is 8.72. The number of rotatable bonds is 8. The van der Waals surface area contributed by atoms with Gasteiger partial charge in [0.15, 0.2) is 5.82 Å². The Morgan fingerprint density at radius 3 is 2.54 bits per heavy atom. The number of para-hydroxylation sites is 2. The molecule has 13 heteroatoms. The molecule has 1 amide bonds. The summed E-state index contributed by atoms with van der Waals surface area (Å²) in [4.78, 5) is 29.4. The van der Waals surface area contributed by atoms with E-state index in [0.29, 0.717) is 55.7 Å². The second kappa shape index (κ2) is 12.8. The molecular formula is C26H34ClF2N7O3. The fourth-order valence-corrected chi connectivity index (χ4v) is 4.97. The first-order valence-electron chi connectivity index (χ1n) is 13.0. The number of nitrogens with one attached hydrogen (secondary N) is 1. The molecule has 0 bridgehead atoms. The van der Waals surface area contributed by atoms with Crippen molar-refractivity contribution in [3.05, 3.63) is 36.2 Å². The van der Waals surface area contributed by atoms with Gasteiger partial charge in [0, 0.05) is 25.2 Å². The van der Waals surface area contributed by atoms with E-state index in [1.165, 1.54) is 4.57 Å².